The molecule has 1 aliphatic rings. The highest BCUT2D eigenvalue weighted by Gasteiger charge is 2.28. The average Bonchev–Trinajstić information content (AvgIpc) is 2.99. The van der Waals surface area contributed by atoms with E-state index in [9.17, 15) is 8.42 Å². The van der Waals surface area contributed by atoms with Gasteiger partial charge in [0.2, 0.25) is 10.0 Å². The molecule has 1 saturated carbocycles. The molecule has 0 bridgehead atoms. The van der Waals surface area contributed by atoms with Gasteiger partial charge in [-0.2, -0.15) is 0 Å². The maximum absolute atomic E-state index is 12.5. The summed E-state index contributed by atoms with van der Waals surface area (Å²) in [5, 5.41) is 0. The molecule has 0 aromatic heterocycles. The van der Waals surface area contributed by atoms with Crippen LogP contribution in [0, 0.1) is 5.92 Å². The third kappa shape index (κ3) is 3.97. The van der Waals surface area contributed by atoms with Gasteiger partial charge in [0, 0.05) is 18.7 Å². The van der Waals surface area contributed by atoms with Gasteiger partial charge in [0.05, 0.1) is 16.5 Å². The monoisotopic (exact) mass is 376 g/mol. The Morgan fingerprint density at radius 2 is 2.10 bits per heavy atom. The van der Waals surface area contributed by atoms with Crippen molar-refractivity contribution in [1.29, 1.82) is 0 Å². The number of methoxy groups -OCH3 is 1. The van der Waals surface area contributed by atoms with Crippen LogP contribution in [0.2, 0.25) is 0 Å². The molecule has 2 rings (SSSR count). The zero-order chi connectivity index (χ0) is 15.5. The van der Waals surface area contributed by atoms with Gasteiger partial charge in [-0.1, -0.05) is 12.8 Å². The number of halogens is 1. The predicted octanol–water partition coefficient (Wildman–Crippen LogP) is 2.25. The Kier molecular flexibility index (Phi) is 5.65. The lowest BCUT2D eigenvalue weighted by Gasteiger charge is -2.23. The molecule has 7 heteroatoms. The summed E-state index contributed by atoms with van der Waals surface area (Å²) in [5.41, 5.74) is 5.76. The van der Waals surface area contributed by atoms with Crippen molar-refractivity contribution in [3.8, 4) is 5.75 Å². The van der Waals surface area contributed by atoms with Crippen molar-refractivity contribution in [2.45, 2.75) is 36.6 Å². The van der Waals surface area contributed by atoms with Crippen molar-refractivity contribution in [3.63, 3.8) is 0 Å². The highest BCUT2D eigenvalue weighted by molar-refractivity contribution is 9.10. The van der Waals surface area contributed by atoms with Crippen LogP contribution in [0.3, 0.4) is 0 Å². The first-order valence-electron chi connectivity index (χ1n) is 7.04. The summed E-state index contributed by atoms with van der Waals surface area (Å²) in [7, 11) is -2.08. The van der Waals surface area contributed by atoms with Gasteiger partial charge in [-0.3, -0.25) is 0 Å². The Morgan fingerprint density at radius 1 is 1.43 bits per heavy atom. The molecule has 21 heavy (non-hydrogen) atoms. The van der Waals surface area contributed by atoms with E-state index in [1.165, 1.54) is 13.2 Å². The maximum Gasteiger partial charge on any atom is 0.241 e. The molecular formula is C14H21BrN2O3S. The minimum absolute atomic E-state index is 0.194. The van der Waals surface area contributed by atoms with Gasteiger partial charge >= 0.3 is 0 Å². The van der Waals surface area contributed by atoms with E-state index in [1.54, 1.807) is 12.1 Å². The quantitative estimate of drug-likeness (QED) is 0.797. The fourth-order valence-corrected chi connectivity index (χ4v) is 4.51. The zero-order valence-electron chi connectivity index (χ0n) is 12.0. The molecule has 3 N–H and O–H groups in total. The van der Waals surface area contributed by atoms with E-state index in [1.807, 2.05) is 0 Å². The van der Waals surface area contributed by atoms with Crippen LogP contribution in [0.15, 0.2) is 27.6 Å². The predicted molar refractivity (Wildman–Crippen MR) is 85.8 cm³/mol. The summed E-state index contributed by atoms with van der Waals surface area (Å²) in [4.78, 5) is 0.194. The van der Waals surface area contributed by atoms with Crippen LogP contribution in [0.5, 0.6) is 5.75 Å². The second-order valence-electron chi connectivity index (χ2n) is 5.30. The fraction of sp³-hybridized carbons (Fsp3) is 0.571. The van der Waals surface area contributed by atoms with Gasteiger partial charge in [0.25, 0.3) is 0 Å². The number of hydrogen-bond acceptors (Lipinski definition) is 4. The van der Waals surface area contributed by atoms with E-state index < -0.39 is 10.0 Å². The SMILES string of the molecule is COc1cc(S(=O)(=O)NC(CN)C2CCCC2)ccc1Br. The van der Waals surface area contributed by atoms with Crippen molar-refractivity contribution >= 4 is 26.0 Å². The smallest absolute Gasteiger partial charge is 0.241 e. The molecule has 0 heterocycles. The molecule has 1 unspecified atom stereocenters. The molecule has 1 fully saturated rings. The first kappa shape index (κ1) is 16.7. The number of nitrogens with one attached hydrogen (secondary N) is 1. The molecule has 1 aromatic carbocycles. The topological polar surface area (TPSA) is 81.4 Å². The molecule has 1 atom stereocenters. The van der Waals surface area contributed by atoms with Crippen LogP contribution in [-0.2, 0) is 10.0 Å². The summed E-state index contributed by atoms with van der Waals surface area (Å²) in [6.45, 7) is 0.317. The highest BCUT2D eigenvalue weighted by atomic mass is 79.9. The molecule has 0 saturated heterocycles. The molecule has 0 amide bonds. The number of rotatable bonds is 6. The van der Waals surface area contributed by atoms with Gasteiger partial charge in [-0.15, -0.1) is 0 Å². The van der Waals surface area contributed by atoms with E-state index in [4.69, 9.17) is 10.5 Å². The summed E-state index contributed by atoms with van der Waals surface area (Å²) >= 11 is 3.32. The Hall–Kier alpha value is -0.630. The minimum Gasteiger partial charge on any atom is -0.496 e. The highest BCUT2D eigenvalue weighted by Crippen LogP contribution is 2.30. The number of hydrogen-bond donors (Lipinski definition) is 2. The molecule has 0 spiro atoms. The lowest BCUT2D eigenvalue weighted by Crippen LogP contribution is -2.44. The normalized spacial score (nSPS) is 17.9. The first-order chi connectivity index (χ1) is 9.97. The summed E-state index contributed by atoms with van der Waals surface area (Å²) in [6, 6.07) is 4.53. The fourth-order valence-electron chi connectivity index (χ4n) is 2.77. The molecule has 1 aromatic rings. The van der Waals surface area contributed by atoms with Crippen LogP contribution in [-0.4, -0.2) is 28.1 Å². The van der Waals surface area contributed by atoms with Gasteiger partial charge in [0.15, 0.2) is 0 Å². The van der Waals surface area contributed by atoms with Crippen LogP contribution >= 0.6 is 15.9 Å². The molecule has 0 radical (unpaired) electrons. The first-order valence-corrected chi connectivity index (χ1v) is 9.31. The summed E-state index contributed by atoms with van der Waals surface area (Å²) in [5.74, 6) is 0.824. The molecule has 1 aliphatic carbocycles. The van der Waals surface area contributed by atoms with E-state index in [0.717, 1.165) is 30.2 Å². The van der Waals surface area contributed by atoms with E-state index in [2.05, 4.69) is 20.7 Å². The number of nitrogens with two attached hydrogens (primary N) is 1. The van der Waals surface area contributed by atoms with Crippen molar-refractivity contribution in [2.24, 2.45) is 11.7 Å². The van der Waals surface area contributed by atoms with Gasteiger partial charge in [-0.25, -0.2) is 13.1 Å². The van der Waals surface area contributed by atoms with Gasteiger partial charge in [0.1, 0.15) is 5.75 Å². The Bertz CT molecular complexity index is 586. The summed E-state index contributed by atoms with van der Waals surface area (Å²) in [6.07, 6.45) is 4.37. The van der Waals surface area contributed by atoms with Gasteiger partial charge < -0.3 is 10.5 Å². The second kappa shape index (κ2) is 7.09. The van der Waals surface area contributed by atoms with Crippen molar-refractivity contribution in [2.75, 3.05) is 13.7 Å². The lowest BCUT2D eigenvalue weighted by atomic mass is 9.99. The molecule has 5 nitrogen and oxygen atoms in total. The zero-order valence-corrected chi connectivity index (χ0v) is 14.4. The lowest BCUT2D eigenvalue weighted by molar-refractivity contribution is 0.403. The average molecular weight is 377 g/mol. The van der Waals surface area contributed by atoms with Gasteiger partial charge in [-0.05, 0) is 46.8 Å². The molecule has 0 aliphatic heterocycles. The van der Waals surface area contributed by atoms with Crippen molar-refractivity contribution in [1.82, 2.24) is 4.72 Å². The number of benzene rings is 1. The standard InChI is InChI=1S/C14H21BrN2O3S/c1-20-14-8-11(6-7-12(14)15)21(18,19)17-13(9-16)10-4-2-3-5-10/h6-8,10,13,17H,2-5,9,16H2,1H3. The number of sulfonamides is 1. The minimum atomic E-state index is -3.59. The third-order valence-corrected chi connectivity index (χ3v) is 6.10. The third-order valence-electron chi connectivity index (χ3n) is 3.96. The van der Waals surface area contributed by atoms with E-state index in [0.29, 0.717) is 18.2 Å². The molecular weight excluding hydrogens is 356 g/mol. The van der Waals surface area contributed by atoms with Crippen molar-refractivity contribution in [3.05, 3.63) is 22.7 Å². The van der Waals surface area contributed by atoms with Crippen LogP contribution in [0.4, 0.5) is 0 Å². The largest absolute Gasteiger partial charge is 0.496 e. The second-order valence-corrected chi connectivity index (χ2v) is 7.87. The Balaban J connectivity index is 2.20. The van der Waals surface area contributed by atoms with E-state index >= 15 is 0 Å². The maximum atomic E-state index is 12.5. The summed E-state index contributed by atoms with van der Waals surface area (Å²) < 4.78 is 33.6. The van der Waals surface area contributed by atoms with Crippen LogP contribution < -0.4 is 15.2 Å². The molecule has 118 valence electrons. The van der Waals surface area contributed by atoms with Crippen molar-refractivity contribution < 1.29 is 13.2 Å². The Labute approximate surface area is 134 Å². The van der Waals surface area contributed by atoms with E-state index in [-0.39, 0.29) is 10.9 Å². The van der Waals surface area contributed by atoms with Crippen LogP contribution in [0.1, 0.15) is 25.7 Å². The Morgan fingerprint density at radius 3 is 2.67 bits per heavy atom. The number of ether oxygens (including phenoxy) is 1. The van der Waals surface area contributed by atoms with Crippen LogP contribution in [0.25, 0.3) is 0 Å².